The van der Waals surface area contributed by atoms with Crippen LogP contribution in [0.25, 0.3) is 11.4 Å². The second-order valence-corrected chi connectivity index (χ2v) is 3.74. The molecule has 0 aliphatic carbocycles. The van der Waals surface area contributed by atoms with Gasteiger partial charge in [0, 0.05) is 0 Å². The summed E-state index contributed by atoms with van der Waals surface area (Å²) in [6.45, 7) is 0. The number of rotatable bonds is 4. The minimum absolute atomic E-state index is 0.124. The molecular weight excluding hydrogens is 264 g/mol. The minimum atomic E-state index is -0.593. The number of ether oxygens (including phenoxy) is 3. The molecule has 2 rings (SSSR count). The number of methoxy groups -OCH3 is 3. The highest BCUT2D eigenvalue weighted by Gasteiger charge is 2.18. The molecule has 8 nitrogen and oxygen atoms in total. The second kappa shape index (κ2) is 5.47. The molecule has 0 amide bonds. The highest BCUT2D eigenvalue weighted by Crippen LogP contribution is 2.43. The number of aromatic amines is 1. The molecule has 0 saturated carbocycles. The number of nitrogen functional groups attached to an aromatic ring is 1. The minimum Gasteiger partial charge on any atom is -0.493 e. The van der Waals surface area contributed by atoms with Gasteiger partial charge >= 0.3 is 5.69 Å². The number of hydrogen-bond donors (Lipinski definition) is 2. The number of aromatic nitrogens is 3. The highest BCUT2D eigenvalue weighted by atomic mass is 16.5. The molecule has 8 heteroatoms. The van der Waals surface area contributed by atoms with Crippen LogP contribution in [0, 0.1) is 0 Å². The number of benzene rings is 1. The molecule has 1 aromatic heterocycles. The van der Waals surface area contributed by atoms with Crippen molar-refractivity contribution >= 4 is 5.95 Å². The van der Waals surface area contributed by atoms with Gasteiger partial charge < -0.3 is 19.9 Å². The number of H-pyrrole nitrogens is 1. The molecule has 20 heavy (non-hydrogen) atoms. The molecule has 0 radical (unpaired) electrons. The normalized spacial score (nSPS) is 10.2. The lowest BCUT2D eigenvalue weighted by Gasteiger charge is -2.15. The summed E-state index contributed by atoms with van der Waals surface area (Å²) in [6.07, 6.45) is 0. The van der Waals surface area contributed by atoms with E-state index >= 15 is 0 Å². The average molecular weight is 278 g/mol. The van der Waals surface area contributed by atoms with Gasteiger partial charge in [0.15, 0.2) is 11.5 Å². The van der Waals surface area contributed by atoms with Gasteiger partial charge in [0.1, 0.15) is 5.82 Å². The maximum atomic E-state index is 11.4. The van der Waals surface area contributed by atoms with E-state index in [4.69, 9.17) is 19.9 Å². The van der Waals surface area contributed by atoms with E-state index in [2.05, 4.69) is 15.0 Å². The summed E-state index contributed by atoms with van der Waals surface area (Å²) in [7, 11) is 4.48. The van der Waals surface area contributed by atoms with E-state index in [1.54, 1.807) is 12.1 Å². The topological polar surface area (TPSA) is 112 Å². The predicted octanol–water partition coefficient (Wildman–Crippen LogP) is 0.440. The van der Waals surface area contributed by atoms with Crippen molar-refractivity contribution in [1.82, 2.24) is 15.0 Å². The van der Waals surface area contributed by atoms with Crippen molar-refractivity contribution in [3.63, 3.8) is 0 Å². The fraction of sp³-hybridized carbons (Fsp3) is 0.250. The van der Waals surface area contributed by atoms with E-state index in [0.717, 1.165) is 0 Å². The van der Waals surface area contributed by atoms with Crippen LogP contribution in [0.3, 0.4) is 0 Å². The first kappa shape index (κ1) is 13.7. The van der Waals surface area contributed by atoms with E-state index in [1.165, 1.54) is 21.3 Å². The molecule has 3 N–H and O–H groups in total. The van der Waals surface area contributed by atoms with Crippen LogP contribution in [0.4, 0.5) is 5.95 Å². The van der Waals surface area contributed by atoms with Crippen LogP contribution in [-0.2, 0) is 0 Å². The second-order valence-electron chi connectivity index (χ2n) is 3.74. The Balaban J connectivity index is 2.70. The molecule has 0 unspecified atom stereocenters. The van der Waals surface area contributed by atoms with Crippen molar-refractivity contribution in [1.29, 1.82) is 0 Å². The number of nitrogens with zero attached hydrogens (tertiary/aromatic N) is 2. The largest absolute Gasteiger partial charge is 0.493 e. The number of anilines is 1. The fourth-order valence-electron chi connectivity index (χ4n) is 1.82. The van der Waals surface area contributed by atoms with Gasteiger partial charge in [-0.05, 0) is 12.1 Å². The summed E-state index contributed by atoms with van der Waals surface area (Å²) < 4.78 is 15.8. The van der Waals surface area contributed by atoms with Gasteiger partial charge in [-0.2, -0.15) is 9.97 Å². The van der Waals surface area contributed by atoms with E-state index in [-0.39, 0.29) is 11.8 Å². The summed E-state index contributed by atoms with van der Waals surface area (Å²) in [6, 6.07) is 3.35. The monoisotopic (exact) mass is 278 g/mol. The van der Waals surface area contributed by atoms with Crippen LogP contribution in [0.2, 0.25) is 0 Å². The SMILES string of the molecule is COc1ccc(-c2nc(N)nc(=O)[nH]2)c(OC)c1OC. The van der Waals surface area contributed by atoms with Crippen LogP contribution in [0.15, 0.2) is 16.9 Å². The first-order valence-electron chi connectivity index (χ1n) is 5.64. The molecule has 106 valence electrons. The smallest absolute Gasteiger partial charge is 0.349 e. The van der Waals surface area contributed by atoms with Gasteiger partial charge in [-0.1, -0.05) is 0 Å². The summed E-state index contributed by atoms with van der Waals surface area (Å²) in [4.78, 5) is 21.3. The van der Waals surface area contributed by atoms with Gasteiger partial charge in [-0.3, -0.25) is 4.98 Å². The first-order valence-corrected chi connectivity index (χ1v) is 5.64. The molecule has 0 bridgehead atoms. The zero-order valence-corrected chi connectivity index (χ0v) is 11.3. The fourth-order valence-corrected chi connectivity index (χ4v) is 1.82. The molecule has 0 atom stereocenters. The third-order valence-corrected chi connectivity index (χ3v) is 2.63. The lowest BCUT2D eigenvalue weighted by molar-refractivity contribution is 0.325. The van der Waals surface area contributed by atoms with Gasteiger partial charge in [0.05, 0.1) is 26.9 Å². The van der Waals surface area contributed by atoms with E-state index in [1.807, 2.05) is 0 Å². The standard InChI is InChI=1S/C12H14N4O4/c1-18-7-5-4-6(8(19-2)9(7)20-3)10-14-11(13)16-12(17)15-10/h4-5H,1-3H3,(H3,13,14,15,16,17). The van der Waals surface area contributed by atoms with Crippen LogP contribution in [-0.4, -0.2) is 36.3 Å². The Labute approximate surface area is 114 Å². The third-order valence-electron chi connectivity index (χ3n) is 2.63. The van der Waals surface area contributed by atoms with E-state index < -0.39 is 5.69 Å². The van der Waals surface area contributed by atoms with E-state index in [0.29, 0.717) is 22.8 Å². The van der Waals surface area contributed by atoms with Crippen molar-refractivity contribution in [3.05, 3.63) is 22.6 Å². The Bertz CT molecular complexity index is 684. The van der Waals surface area contributed by atoms with Crippen molar-refractivity contribution in [2.45, 2.75) is 0 Å². The lowest BCUT2D eigenvalue weighted by atomic mass is 10.1. The molecule has 2 aromatic rings. The summed E-state index contributed by atoms with van der Waals surface area (Å²) in [5, 5.41) is 0. The third kappa shape index (κ3) is 2.35. The van der Waals surface area contributed by atoms with Gasteiger partial charge in [0.2, 0.25) is 11.7 Å². The maximum absolute atomic E-state index is 11.4. The van der Waals surface area contributed by atoms with Gasteiger partial charge in [-0.15, -0.1) is 0 Å². The molecule has 1 heterocycles. The molecule has 0 aliphatic rings. The van der Waals surface area contributed by atoms with Crippen molar-refractivity contribution in [2.24, 2.45) is 0 Å². The first-order chi connectivity index (χ1) is 9.60. The lowest BCUT2D eigenvalue weighted by Crippen LogP contribution is -2.15. The maximum Gasteiger partial charge on any atom is 0.349 e. The van der Waals surface area contributed by atoms with Crippen LogP contribution >= 0.6 is 0 Å². The Morgan fingerprint density at radius 3 is 2.30 bits per heavy atom. The van der Waals surface area contributed by atoms with Crippen molar-refractivity contribution in [2.75, 3.05) is 27.1 Å². The summed E-state index contributed by atoms with van der Waals surface area (Å²) in [5.41, 5.74) is 5.39. The zero-order valence-electron chi connectivity index (χ0n) is 11.3. The molecule has 1 aromatic carbocycles. The van der Waals surface area contributed by atoms with Crippen LogP contribution < -0.4 is 25.6 Å². The quantitative estimate of drug-likeness (QED) is 0.834. The van der Waals surface area contributed by atoms with Crippen molar-refractivity contribution in [3.8, 4) is 28.6 Å². The molecule has 0 spiro atoms. The number of hydrogen-bond acceptors (Lipinski definition) is 7. The Hall–Kier alpha value is -2.77. The zero-order chi connectivity index (χ0) is 14.7. The Morgan fingerprint density at radius 1 is 1.05 bits per heavy atom. The Morgan fingerprint density at radius 2 is 1.75 bits per heavy atom. The predicted molar refractivity (Wildman–Crippen MR) is 72.2 cm³/mol. The van der Waals surface area contributed by atoms with Gasteiger partial charge in [0.25, 0.3) is 0 Å². The molecule has 0 fully saturated rings. The van der Waals surface area contributed by atoms with E-state index in [9.17, 15) is 4.79 Å². The van der Waals surface area contributed by atoms with Crippen molar-refractivity contribution < 1.29 is 14.2 Å². The highest BCUT2D eigenvalue weighted by molar-refractivity contribution is 5.72. The number of nitrogens with one attached hydrogen (secondary N) is 1. The molecule has 0 aliphatic heterocycles. The van der Waals surface area contributed by atoms with Crippen LogP contribution in [0.5, 0.6) is 17.2 Å². The number of nitrogens with two attached hydrogens (primary N) is 1. The molecule has 0 saturated heterocycles. The molecular formula is C12H14N4O4. The summed E-state index contributed by atoms with van der Waals surface area (Å²) in [5.74, 6) is 1.38. The summed E-state index contributed by atoms with van der Waals surface area (Å²) >= 11 is 0. The van der Waals surface area contributed by atoms with Crippen LogP contribution in [0.1, 0.15) is 0 Å². The Kier molecular flexibility index (Phi) is 3.74. The average Bonchev–Trinajstić information content (AvgIpc) is 2.44. The van der Waals surface area contributed by atoms with Gasteiger partial charge in [-0.25, -0.2) is 4.79 Å².